The number of thioether (sulfide) groups is 1. The fraction of sp³-hybridized carbons (Fsp3) is 0.200. The van der Waals surface area contributed by atoms with Crippen LogP contribution in [0.2, 0.25) is 0 Å². The Morgan fingerprint density at radius 3 is 3.22 bits per heavy atom. The van der Waals surface area contributed by atoms with Crippen molar-refractivity contribution in [1.29, 1.82) is 0 Å². The predicted octanol–water partition coefficient (Wildman–Crippen LogP) is 3.27. The first-order chi connectivity index (χ1) is 8.86. The lowest BCUT2D eigenvalue weighted by atomic mass is 10.0. The molecule has 2 aromatic rings. The van der Waals surface area contributed by atoms with Crippen LogP contribution < -0.4 is 5.32 Å². The molecule has 2 nitrogen and oxygen atoms in total. The lowest BCUT2D eigenvalue weighted by Gasteiger charge is -2.16. The average molecular weight is 254 g/mol. The van der Waals surface area contributed by atoms with Crippen LogP contribution in [0.25, 0.3) is 10.9 Å². The molecular formula is C15H14N2S. The Labute approximate surface area is 111 Å². The number of rotatable bonds is 2. The van der Waals surface area contributed by atoms with E-state index in [0.29, 0.717) is 0 Å². The van der Waals surface area contributed by atoms with E-state index >= 15 is 0 Å². The van der Waals surface area contributed by atoms with Gasteiger partial charge in [0.1, 0.15) is 0 Å². The van der Waals surface area contributed by atoms with Gasteiger partial charge in [0, 0.05) is 40.9 Å². The maximum atomic E-state index is 4.78. The number of nitrogens with one attached hydrogen (secondary N) is 1. The molecular weight excluding hydrogens is 240 g/mol. The molecule has 3 rings (SSSR count). The molecule has 0 saturated heterocycles. The molecule has 0 saturated carbocycles. The number of aromatic nitrogens is 1. The summed E-state index contributed by atoms with van der Waals surface area (Å²) in [6.45, 7) is 5.54. The van der Waals surface area contributed by atoms with Gasteiger partial charge in [0.25, 0.3) is 0 Å². The van der Waals surface area contributed by atoms with Crippen molar-refractivity contribution in [2.75, 3.05) is 6.54 Å². The van der Waals surface area contributed by atoms with Gasteiger partial charge in [-0.05, 0) is 23.8 Å². The lowest BCUT2D eigenvalue weighted by Crippen LogP contribution is -2.24. The van der Waals surface area contributed by atoms with Crippen molar-refractivity contribution in [3.05, 3.63) is 53.2 Å². The summed E-state index contributed by atoms with van der Waals surface area (Å²) >= 11 is 1.62. The highest BCUT2D eigenvalue weighted by atomic mass is 32.2. The minimum atomic E-state index is 0.938. The van der Waals surface area contributed by atoms with Crippen LogP contribution in [0.5, 0.6) is 0 Å². The van der Waals surface area contributed by atoms with Crippen molar-refractivity contribution in [1.82, 2.24) is 10.3 Å². The Kier molecular flexibility index (Phi) is 3.20. The largest absolute Gasteiger partial charge is 0.312 e. The van der Waals surface area contributed by atoms with E-state index in [9.17, 15) is 0 Å². The van der Waals surface area contributed by atoms with Gasteiger partial charge in [0.05, 0.1) is 5.52 Å². The van der Waals surface area contributed by atoms with E-state index in [1.54, 1.807) is 11.8 Å². The van der Waals surface area contributed by atoms with Gasteiger partial charge in [0.15, 0.2) is 0 Å². The van der Waals surface area contributed by atoms with Gasteiger partial charge >= 0.3 is 0 Å². The van der Waals surface area contributed by atoms with Crippen molar-refractivity contribution in [2.45, 2.75) is 17.9 Å². The number of benzene rings is 1. The van der Waals surface area contributed by atoms with Crippen molar-refractivity contribution in [3.63, 3.8) is 0 Å². The number of hydrogen-bond acceptors (Lipinski definition) is 3. The maximum absolute atomic E-state index is 4.78. The molecule has 90 valence electrons. The van der Waals surface area contributed by atoms with E-state index in [4.69, 9.17) is 4.98 Å². The minimum absolute atomic E-state index is 0.938. The molecule has 0 fully saturated rings. The molecule has 0 unspecified atom stereocenters. The van der Waals surface area contributed by atoms with Gasteiger partial charge in [-0.15, -0.1) is 5.73 Å². The Hall–Kier alpha value is -1.54. The Morgan fingerprint density at radius 2 is 2.33 bits per heavy atom. The fourth-order valence-electron chi connectivity index (χ4n) is 2.21. The summed E-state index contributed by atoms with van der Waals surface area (Å²) in [6.07, 6.45) is 1.02. The van der Waals surface area contributed by atoms with Crippen molar-refractivity contribution >= 4 is 22.7 Å². The third-order valence-electron chi connectivity index (χ3n) is 3.09. The second-order valence-corrected chi connectivity index (χ2v) is 5.26. The summed E-state index contributed by atoms with van der Waals surface area (Å²) in [5.74, 6) is 0. The molecule has 0 amide bonds. The molecule has 0 radical (unpaired) electrons. The van der Waals surface area contributed by atoms with E-state index in [2.05, 4.69) is 41.9 Å². The van der Waals surface area contributed by atoms with Crippen LogP contribution in [0.3, 0.4) is 0 Å². The molecule has 0 spiro atoms. The highest BCUT2D eigenvalue weighted by Gasteiger charge is 2.11. The zero-order valence-electron chi connectivity index (χ0n) is 10.1. The van der Waals surface area contributed by atoms with Crippen molar-refractivity contribution < 1.29 is 0 Å². The van der Waals surface area contributed by atoms with E-state index in [0.717, 1.165) is 25.0 Å². The fourth-order valence-corrected chi connectivity index (χ4v) is 2.76. The molecule has 0 atom stereocenters. The van der Waals surface area contributed by atoms with Crippen LogP contribution in [0.15, 0.2) is 46.9 Å². The van der Waals surface area contributed by atoms with E-state index in [1.807, 2.05) is 5.41 Å². The predicted molar refractivity (Wildman–Crippen MR) is 76.7 cm³/mol. The summed E-state index contributed by atoms with van der Waals surface area (Å²) in [4.78, 5) is 5.96. The standard InChI is InChI=1S/C15H14N2S/c1-2-7-18-13-4-3-11-8-12-10-16-6-5-14(12)17-15(11)9-13/h3-4,7-9,16H,1,5-6,10H2. The SMILES string of the molecule is C=C=CSc1ccc2cc3c(nc2c1)CCNC3. The molecule has 0 aliphatic carbocycles. The van der Waals surface area contributed by atoms with Crippen LogP contribution >= 0.6 is 11.8 Å². The van der Waals surface area contributed by atoms with Gasteiger partial charge in [-0.25, -0.2) is 0 Å². The summed E-state index contributed by atoms with van der Waals surface area (Å²) in [6, 6.07) is 8.64. The van der Waals surface area contributed by atoms with Gasteiger partial charge in [0.2, 0.25) is 0 Å². The molecule has 1 N–H and O–H groups in total. The molecule has 1 aromatic carbocycles. The average Bonchev–Trinajstić information content (AvgIpc) is 2.42. The van der Waals surface area contributed by atoms with Crippen LogP contribution in [0, 0.1) is 0 Å². The normalized spacial score (nSPS) is 14.0. The van der Waals surface area contributed by atoms with Gasteiger partial charge in [-0.3, -0.25) is 4.98 Å². The van der Waals surface area contributed by atoms with Gasteiger partial charge in [-0.1, -0.05) is 24.4 Å². The summed E-state index contributed by atoms with van der Waals surface area (Å²) in [5, 5.41) is 6.46. The van der Waals surface area contributed by atoms with Crippen molar-refractivity contribution in [2.24, 2.45) is 0 Å². The highest BCUT2D eigenvalue weighted by molar-refractivity contribution is 8.02. The molecule has 2 heterocycles. The number of hydrogen-bond donors (Lipinski definition) is 1. The molecule has 18 heavy (non-hydrogen) atoms. The van der Waals surface area contributed by atoms with Gasteiger partial charge < -0.3 is 5.32 Å². The monoisotopic (exact) mass is 254 g/mol. The van der Waals surface area contributed by atoms with Crippen LogP contribution in [0.1, 0.15) is 11.3 Å². The van der Waals surface area contributed by atoms with Crippen LogP contribution in [-0.2, 0) is 13.0 Å². The van der Waals surface area contributed by atoms with E-state index in [-0.39, 0.29) is 0 Å². The second kappa shape index (κ2) is 4.99. The van der Waals surface area contributed by atoms with Crippen LogP contribution in [0.4, 0.5) is 0 Å². The third kappa shape index (κ3) is 2.21. The van der Waals surface area contributed by atoms with Crippen molar-refractivity contribution in [3.8, 4) is 0 Å². The number of fused-ring (bicyclic) bond motifs is 2. The summed E-state index contributed by atoms with van der Waals surface area (Å²) in [7, 11) is 0. The molecule has 1 aromatic heterocycles. The minimum Gasteiger partial charge on any atom is -0.312 e. The second-order valence-electron chi connectivity index (χ2n) is 4.32. The Balaban J connectivity index is 2.07. The maximum Gasteiger partial charge on any atom is 0.0716 e. The first-order valence-electron chi connectivity index (χ1n) is 6.01. The number of nitrogens with zero attached hydrogens (tertiary/aromatic N) is 1. The molecule has 1 aliphatic heterocycles. The van der Waals surface area contributed by atoms with Gasteiger partial charge in [-0.2, -0.15) is 0 Å². The highest BCUT2D eigenvalue weighted by Crippen LogP contribution is 2.25. The quantitative estimate of drug-likeness (QED) is 0.657. The van der Waals surface area contributed by atoms with E-state index < -0.39 is 0 Å². The lowest BCUT2D eigenvalue weighted by molar-refractivity contribution is 0.633. The first kappa shape index (κ1) is 11.5. The molecule has 1 aliphatic rings. The Bertz CT molecular complexity index is 642. The van der Waals surface area contributed by atoms with E-state index in [1.165, 1.54) is 21.5 Å². The molecule has 3 heteroatoms. The summed E-state index contributed by atoms with van der Waals surface area (Å²) in [5.41, 5.74) is 6.43. The topological polar surface area (TPSA) is 24.9 Å². The zero-order valence-corrected chi connectivity index (χ0v) is 10.9. The molecule has 0 bridgehead atoms. The van der Waals surface area contributed by atoms with Crippen LogP contribution in [-0.4, -0.2) is 11.5 Å². The summed E-state index contributed by atoms with van der Waals surface area (Å²) < 4.78 is 0. The number of pyridine rings is 1. The third-order valence-corrected chi connectivity index (χ3v) is 3.90. The first-order valence-corrected chi connectivity index (χ1v) is 6.89. The smallest absolute Gasteiger partial charge is 0.0716 e. The zero-order chi connectivity index (χ0) is 12.4. The Morgan fingerprint density at radius 1 is 1.39 bits per heavy atom.